The van der Waals surface area contributed by atoms with Gasteiger partial charge in [-0.1, -0.05) is 18.2 Å². The molecular weight excluding hydrogens is 270 g/mol. The average Bonchev–Trinajstić information content (AvgIpc) is 2.41. The van der Waals surface area contributed by atoms with Crippen molar-refractivity contribution < 1.29 is 28.6 Å². The van der Waals surface area contributed by atoms with E-state index >= 15 is 0 Å². The van der Waals surface area contributed by atoms with Crippen LogP contribution < -0.4 is 0 Å². The molecule has 4 nitrogen and oxygen atoms in total. The molecule has 0 atom stereocenters. The lowest BCUT2D eigenvalue weighted by Crippen LogP contribution is -2.04. The van der Waals surface area contributed by atoms with Gasteiger partial charge in [-0.05, 0) is 23.8 Å². The van der Waals surface area contributed by atoms with Gasteiger partial charge in [0.05, 0.1) is 11.1 Å². The molecule has 102 valence electrons. The maximum absolute atomic E-state index is 13.8. The molecule has 2 rings (SSSR count). The summed E-state index contributed by atoms with van der Waals surface area (Å²) in [6, 6.07) is 7.24. The van der Waals surface area contributed by atoms with Crippen LogP contribution in [0.2, 0.25) is 0 Å². The van der Waals surface area contributed by atoms with Crippen LogP contribution in [0.1, 0.15) is 20.7 Å². The highest BCUT2D eigenvalue weighted by molar-refractivity contribution is 5.90. The second-order valence-corrected chi connectivity index (χ2v) is 3.98. The van der Waals surface area contributed by atoms with Crippen molar-refractivity contribution in [3.63, 3.8) is 0 Å². The normalized spacial score (nSPS) is 10.3. The van der Waals surface area contributed by atoms with Gasteiger partial charge in [0.15, 0.2) is 11.6 Å². The van der Waals surface area contributed by atoms with Gasteiger partial charge in [0.2, 0.25) is 0 Å². The highest BCUT2D eigenvalue weighted by atomic mass is 19.2. The van der Waals surface area contributed by atoms with E-state index in [2.05, 4.69) is 0 Å². The number of benzene rings is 2. The molecule has 0 aliphatic rings. The Morgan fingerprint density at radius 2 is 1.40 bits per heavy atom. The van der Waals surface area contributed by atoms with Crippen LogP contribution in [-0.2, 0) is 0 Å². The number of carboxylic acid groups (broad SMARTS) is 2. The molecule has 0 bridgehead atoms. The van der Waals surface area contributed by atoms with Gasteiger partial charge in [-0.15, -0.1) is 0 Å². The third-order valence-electron chi connectivity index (χ3n) is 2.76. The SMILES string of the molecule is O=C(O)c1ccc(-c2ccc(C(=O)O)c(F)c2F)cc1. The third-order valence-corrected chi connectivity index (χ3v) is 2.76. The summed E-state index contributed by atoms with van der Waals surface area (Å²) in [5.74, 6) is -5.43. The fourth-order valence-electron chi connectivity index (χ4n) is 1.73. The zero-order valence-corrected chi connectivity index (χ0v) is 9.93. The second kappa shape index (κ2) is 5.08. The van der Waals surface area contributed by atoms with Crippen LogP contribution in [0.25, 0.3) is 11.1 Å². The van der Waals surface area contributed by atoms with Crippen molar-refractivity contribution in [3.05, 3.63) is 59.2 Å². The summed E-state index contributed by atoms with van der Waals surface area (Å²) in [5.41, 5.74) is -0.627. The third kappa shape index (κ3) is 2.35. The molecule has 2 N–H and O–H groups in total. The number of aromatic carboxylic acids is 2. The summed E-state index contributed by atoms with van der Waals surface area (Å²) in [6.45, 7) is 0. The number of halogens is 2. The molecule has 0 saturated heterocycles. The van der Waals surface area contributed by atoms with Crippen molar-refractivity contribution in [2.75, 3.05) is 0 Å². The number of hydrogen-bond acceptors (Lipinski definition) is 2. The van der Waals surface area contributed by atoms with E-state index in [1.54, 1.807) is 0 Å². The number of carboxylic acids is 2. The quantitative estimate of drug-likeness (QED) is 0.905. The zero-order valence-electron chi connectivity index (χ0n) is 9.93. The van der Waals surface area contributed by atoms with Gasteiger partial charge in [0, 0.05) is 5.56 Å². The fourth-order valence-corrected chi connectivity index (χ4v) is 1.73. The van der Waals surface area contributed by atoms with Crippen LogP contribution in [0.4, 0.5) is 8.78 Å². The summed E-state index contributed by atoms with van der Waals surface area (Å²) in [7, 11) is 0. The largest absolute Gasteiger partial charge is 0.478 e. The van der Waals surface area contributed by atoms with Gasteiger partial charge in [-0.2, -0.15) is 0 Å². The lowest BCUT2D eigenvalue weighted by Gasteiger charge is -2.06. The lowest BCUT2D eigenvalue weighted by atomic mass is 10.0. The van der Waals surface area contributed by atoms with Crippen molar-refractivity contribution >= 4 is 11.9 Å². The van der Waals surface area contributed by atoms with Crippen molar-refractivity contribution in [2.45, 2.75) is 0 Å². The standard InChI is InChI=1S/C14H8F2O4/c15-11-9(5-6-10(12(11)16)14(19)20)7-1-3-8(4-2-7)13(17)18/h1-6H,(H,17,18)(H,19,20). The summed E-state index contributed by atoms with van der Waals surface area (Å²) >= 11 is 0. The van der Waals surface area contributed by atoms with E-state index in [0.29, 0.717) is 0 Å². The van der Waals surface area contributed by atoms with Gasteiger partial charge in [0.25, 0.3) is 0 Å². The smallest absolute Gasteiger partial charge is 0.338 e. The summed E-state index contributed by atoms with van der Waals surface area (Å²) in [6.07, 6.45) is 0. The van der Waals surface area contributed by atoms with Crippen LogP contribution in [0.5, 0.6) is 0 Å². The Morgan fingerprint density at radius 3 is 1.90 bits per heavy atom. The van der Waals surface area contributed by atoms with Crippen LogP contribution in [-0.4, -0.2) is 22.2 Å². The Kier molecular flexibility index (Phi) is 3.47. The first-order chi connectivity index (χ1) is 9.41. The van der Waals surface area contributed by atoms with Crippen LogP contribution in [0.15, 0.2) is 36.4 Å². The molecular formula is C14H8F2O4. The number of carbonyl (C=O) groups is 2. The Balaban J connectivity index is 2.51. The van der Waals surface area contributed by atoms with Crippen LogP contribution in [0, 0.1) is 11.6 Å². The molecule has 0 unspecified atom stereocenters. The molecule has 0 heterocycles. The maximum atomic E-state index is 13.8. The Hall–Kier alpha value is -2.76. The average molecular weight is 278 g/mol. The zero-order chi connectivity index (χ0) is 14.9. The number of rotatable bonds is 3. The van der Waals surface area contributed by atoms with E-state index in [1.807, 2.05) is 0 Å². The molecule has 0 spiro atoms. The van der Waals surface area contributed by atoms with Crippen LogP contribution in [0.3, 0.4) is 0 Å². The minimum Gasteiger partial charge on any atom is -0.478 e. The first-order valence-corrected chi connectivity index (χ1v) is 5.47. The molecule has 0 aliphatic carbocycles. The molecule has 2 aromatic rings. The Bertz CT molecular complexity index is 693. The highest BCUT2D eigenvalue weighted by Gasteiger charge is 2.18. The predicted molar refractivity (Wildman–Crippen MR) is 65.7 cm³/mol. The molecule has 6 heteroatoms. The van der Waals surface area contributed by atoms with Crippen LogP contribution >= 0.6 is 0 Å². The van der Waals surface area contributed by atoms with Gasteiger partial charge >= 0.3 is 11.9 Å². The molecule has 0 aromatic heterocycles. The van der Waals surface area contributed by atoms with Crippen molar-refractivity contribution in [1.82, 2.24) is 0 Å². The summed E-state index contributed by atoms with van der Waals surface area (Å²) < 4.78 is 27.4. The minimum absolute atomic E-state index is 0.0109. The fraction of sp³-hybridized carbons (Fsp3) is 0. The topological polar surface area (TPSA) is 74.6 Å². The lowest BCUT2D eigenvalue weighted by molar-refractivity contribution is 0.0682. The molecule has 0 radical (unpaired) electrons. The minimum atomic E-state index is -1.56. The van der Waals surface area contributed by atoms with Gasteiger partial charge in [-0.25, -0.2) is 18.4 Å². The van der Waals surface area contributed by atoms with Gasteiger partial charge in [0.1, 0.15) is 0 Å². The van der Waals surface area contributed by atoms with E-state index in [-0.39, 0.29) is 16.7 Å². The van der Waals surface area contributed by atoms with E-state index < -0.39 is 29.1 Å². The van der Waals surface area contributed by atoms with E-state index in [9.17, 15) is 18.4 Å². The first-order valence-electron chi connectivity index (χ1n) is 5.47. The molecule has 0 amide bonds. The van der Waals surface area contributed by atoms with Gasteiger partial charge in [-0.3, -0.25) is 0 Å². The van der Waals surface area contributed by atoms with Crippen molar-refractivity contribution in [1.29, 1.82) is 0 Å². The van der Waals surface area contributed by atoms with Crippen molar-refractivity contribution in [2.24, 2.45) is 0 Å². The monoisotopic (exact) mass is 278 g/mol. The molecule has 0 aliphatic heterocycles. The second-order valence-electron chi connectivity index (χ2n) is 3.98. The highest BCUT2D eigenvalue weighted by Crippen LogP contribution is 2.26. The van der Waals surface area contributed by atoms with Crippen molar-refractivity contribution in [3.8, 4) is 11.1 Å². The molecule has 2 aromatic carbocycles. The summed E-state index contributed by atoms with van der Waals surface area (Å²) in [5, 5.41) is 17.4. The molecule has 0 saturated carbocycles. The maximum Gasteiger partial charge on any atom is 0.338 e. The molecule has 20 heavy (non-hydrogen) atoms. The molecule has 0 fully saturated rings. The Labute approximate surface area is 111 Å². The summed E-state index contributed by atoms with van der Waals surface area (Å²) in [4.78, 5) is 21.4. The Morgan fingerprint density at radius 1 is 0.800 bits per heavy atom. The van der Waals surface area contributed by atoms with E-state index in [1.165, 1.54) is 24.3 Å². The predicted octanol–water partition coefficient (Wildman–Crippen LogP) is 3.03. The first kappa shape index (κ1) is 13.7. The number of hydrogen-bond donors (Lipinski definition) is 2. The van der Waals surface area contributed by atoms with Gasteiger partial charge < -0.3 is 10.2 Å². The van der Waals surface area contributed by atoms with E-state index in [4.69, 9.17) is 10.2 Å². The van der Waals surface area contributed by atoms with E-state index in [0.717, 1.165) is 12.1 Å².